The number of benzene rings is 3. The Hall–Kier alpha value is -4.19. The first-order valence-corrected chi connectivity index (χ1v) is 10.8. The normalized spacial score (nSPS) is 11.0. The number of para-hydroxylation sites is 1. The maximum Gasteiger partial charge on any atom is 0.271 e. The third-order valence-electron chi connectivity index (χ3n) is 5.18. The molecule has 6 nitrogen and oxygen atoms in total. The smallest absolute Gasteiger partial charge is 0.271 e. The van der Waals surface area contributed by atoms with Crippen LogP contribution in [-0.2, 0) is 13.2 Å². The fraction of sp³-hybridized carbons (Fsp3) is 0.148. The van der Waals surface area contributed by atoms with Gasteiger partial charge in [0.1, 0.15) is 12.4 Å². The summed E-state index contributed by atoms with van der Waals surface area (Å²) in [7, 11) is 0. The molecule has 1 aromatic heterocycles. The van der Waals surface area contributed by atoms with Crippen LogP contribution in [0.25, 0.3) is 0 Å². The highest BCUT2D eigenvalue weighted by Crippen LogP contribution is 2.17. The zero-order valence-electron chi connectivity index (χ0n) is 18.7. The summed E-state index contributed by atoms with van der Waals surface area (Å²) in [6, 6.07) is 27.0. The van der Waals surface area contributed by atoms with Gasteiger partial charge in [-0.1, -0.05) is 54.6 Å². The molecular weight excluding hydrogens is 412 g/mol. The quantitative estimate of drug-likeness (QED) is 0.315. The fourth-order valence-electron chi connectivity index (χ4n) is 3.45. The molecule has 4 rings (SSSR count). The minimum absolute atomic E-state index is 0.272. The van der Waals surface area contributed by atoms with Crippen molar-refractivity contribution in [3.63, 3.8) is 0 Å². The van der Waals surface area contributed by atoms with Crippen LogP contribution in [-0.4, -0.2) is 21.9 Å². The number of carbonyl (C=O) groups is 1. The highest BCUT2D eigenvalue weighted by atomic mass is 16.5. The molecule has 1 amide bonds. The summed E-state index contributed by atoms with van der Waals surface area (Å²) in [6.45, 7) is 5.14. The molecule has 33 heavy (non-hydrogen) atoms. The Kier molecular flexibility index (Phi) is 6.95. The second-order valence-electron chi connectivity index (χ2n) is 7.79. The van der Waals surface area contributed by atoms with Crippen molar-refractivity contribution in [2.45, 2.75) is 27.0 Å². The lowest BCUT2D eigenvalue weighted by molar-refractivity contribution is 0.0955. The van der Waals surface area contributed by atoms with Gasteiger partial charge < -0.3 is 4.74 Å². The van der Waals surface area contributed by atoms with E-state index in [4.69, 9.17) is 4.74 Å². The maximum atomic E-state index is 12.5. The highest BCUT2D eigenvalue weighted by Gasteiger charge is 2.07. The molecule has 0 bridgehead atoms. The molecule has 0 saturated heterocycles. The summed E-state index contributed by atoms with van der Waals surface area (Å²) < 4.78 is 7.88. The average molecular weight is 439 g/mol. The van der Waals surface area contributed by atoms with Crippen LogP contribution in [0.1, 0.15) is 38.4 Å². The third kappa shape index (κ3) is 5.95. The Labute approximate surface area is 193 Å². The molecule has 0 aliphatic rings. The first-order chi connectivity index (χ1) is 16.1. The van der Waals surface area contributed by atoms with Crippen molar-refractivity contribution in [3.8, 4) is 5.75 Å². The first kappa shape index (κ1) is 22.0. The average Bonchev–Trinajstić information content (AvgIpc) is 3.15. The lowest BCUT2D eigenvalue weighted by Gasteiger charge is -2.09. The number of carbonyl (C=O) groups excluding carboxylic acids is 1. The molecule has 166 valence electrons. The molecule has 0 fully saturated rings. The lowest BCUT2D eigenvalue weighted by atomic mass is 10.1. The third-order valence-corrected chi connectivity index (χ3v) is 5.18. The Morgan fingerprint density at radius 3 is 2.42 bits per heavy atom. The predicted octanol–water partition coefficient (Wildman–Crippen LogP) is 4.89. The van der Waals surface area contributed by atoms with E-state index in [1.165, 1.54) is 0 Å². The number of hydrazone groups is 1. The van der Waals surface area contributed by atoms with E-state index in [1.54, 1.807) is 18.3 Å². The van der Waals surface area contributed by atoms with Crippen molar-refractivity contribution < 1.29 is 9.53 Å². The van der Waals surface area contributed by atoms with Crippen LogP contribution < -0.4 is 10.2 Å². The van der Waals surface area contributed by atoms with E-state index in [0.717, 1.165) is 28.1 Å². The molecule has 0 spiro atoms. The van der Waals surface area contributed by atoms with Gasteiger partial charge >= 0.3 is 0 Å². The van der Waals surface area contributed by atoms with Gasteiger partial charge in [-0.25, -0.2) is 5.43 Å². The molecule has 0 unspecified atom stereocenters. The largest absolute Gasteiger partial charge is 0.488 e. The number of nitrogens with one attached hydrogen (secondary N) is 1. The van der Waals surface area contributed by atoms with E-state index >= 15 is 0 Å². The van der Waals surface area contributed by atoms with Gasteiger partial charge in [-0.15, -0.1) is 0 Å². The van der Waals surface area contributed by atoms with Crippen molar-refractivity contribution in [3.05, 3.63) is 119 Å². The van der Waals surface area contributed by atoms with Crippen molar-refractivity contribution in [2.75, 3.05) is 0 Å². The number of rotatable bonds is 8. The first-order valence-electron chi connectivity index (χ1n) is 10.8. The van der Waals surface area contributed by atoms with E-state index in [9.17, 15) is 4.79 Å². The van der Waals surface area contributed by atoms with Crippen LogP contribution in [0.3, 0.4) is 0 Å². The van der Waals surface area contributed by atoms with Gasteiger partial charge in [-0.2, -0.15) is 10.2 Å². The van der Waals surface area contributed by atoms with Gasteiger partial charge in [-0.3, -0.25) is 9.48 Å². The summed E-state index contributed by atoms with van der Waals surface area (Å²) in [5, 5.41) is 8.60. The molecule has 0 aliphatic carbocycles. The summed E-state index contributed by atoms with van der Waals surface area (Å²) in [4.78, 5) is 12.5. The van der Waals surface area contributed by atoms with E-state index < -0.39 is 0 Å². The topological polar surface area (TPSA) is 68.5 Å². The van der Waals surface area contributed by atoms with Gasteiger partial charge in [0.05, 0.1) is 18.5 Å². The summed E-state index contributed by atoms with van der Waals surface area (Å²) in [6.07, 6.45) is 1.59. The Morgan fingerprint density at radius 2 is 1.70 bits per heavy atom. The van der Waals surface area contributed by atoms with Crippen molar-refractivity contribution in [1.82, 2.24) is 15.2 Å². The Balaban J connectivity index is 1.35. The van der Waals surface area contributed by atoms with Gasteiger partial charge in [0.2, 0.25) is 0 Å². The van der Waals surface area contributed by atoms with Crippen LogP contribution in [0.5, 0.6) is 5.75 Å². The molecule has 0 saturated carbocycles. The second-order valence-corrected chi connectivity index (χ2v) is 7.79. The predicted molar refractivity (Wildman–Crippen MR) is 130 cm³/mol. The maximum absolute atomic E-state index is 12.5. The van der Waals surface area contributed by atoms with Crippen LogP contribution in [0.15, 0.2) is 90.0 Å². The lowest BCUT2D eigenvalue weighted by Crippen LogP contribution is -2.17. The minimum Gasteiger partial charge on any atom is -0.488 e. The zero-order valence-corrected chi connectivity index (χ0v) is 18.7. The summed E-state index contributed by atoms with van der Waals surface area (Å²) in [5.74, 6) is 0.430. The van der Waals surface area contributed by atoms with Gasteiger partial charge in [-0.05, 0) is 55.3 Å². The van der Waals surface area contributed by atoms with E-state index in [1.807, 2.05) is 91.3 Å². The molecule has 0 radical (unpaired) electrons. The molecule has 6 heteroatoms. The van der Waals surface area contributed by atoms with Crippen molar-refractivity contribution in [2.24, 2.45) is 5.10 Å². The molecule has 3 aromatic carbocycles. The van der Waals surface area contributed by atoms with Gasteiger partial charge in [0.15, 0.2) is 0 Å². The fourth-order valence-corrected chi connectivity index (χ4v) is 3.45. The van der Waals surface area contributed by atoms with Crippen molar-refractivity contribution in [1.29, 1.82) is 0 Å². The zero-order chi connectivity index (χ0) is 23.0. The van der Waals surface area contributed by atoms with Crippen LogP contribution in [0.4, 0.5) is 0 Å². The Bertz CT molecular complexity index is 1240. The monoisotopic (exact) mass is 438 g/mol. The van der Waals surface area contributed by atoms with Crippen LogP contribution in [0, 0.1) is 13.8 Å². The standard InChI is InChI=1S/C27H26N4O2/c1-20-16-21(2)31(30-20)18-22-12-14-24(15-13-22)27(32)29-28-17-25-10-6-7-11-26(25)33-19-23-8-4-3-5-9-23/h3-17H,18-19H2,1-2H3,(H,29,32)/b28-17+. The number of aromatic nitrogens is 2. The van der Waals surface area contributed by atoms with Crippen LogP contribution in [0.2, 0.25) is 0 Å². The summed E-state index contributed by atoms with van der Waals surface area (Å²) in [5.41, 5.74) is 8.17. The molecule has 0 aliphatic heterocycles. The van der Waals surface area contributed by atoms with E-state index in [-0.39, 0.29) is 5.91 Å². The molecular formula is C27H26N4O2. The van der Waals surface area contributed by atoms with Gasteiger partial charge in [0.25, 0.3) is 5.91 Å². The summed E-state index contributed by atoms with van der Waals surface area (Å²) >= 11 is 0. The highest BCUT2D eigenvalue weighted by molar-refractivity contribution is 5.95. The second kappa shape index (κ2) is 10.4. The number of nitrogens with zero attached hydrogens (tertiary/aromatic N) is 3. The van der Waals surface area contributed by atoms with Gasteiger partial charge in [0, 0.05) is 16.8 Å². The number of aryl methyl sites for hydroxylation is 2. The van der Waals surface area contributed by atoms with E-state index in [2.05, 4.69) is 15.6 Å². The van der Waals surface area contributed by atoms with Crippen LogP contribution >= 0.6 is 0 Å². The SMILES string of the molecule is Cc1cc(C)n(Cc2ccc(C(=O)N/N=C/c3ccccc3OCc3ccccc3)cc2)n1. The van der Waals surface area contributed by atoms with E-state index in [0.29, 0.717) is 24.5 Å². The number of ether oxygens (including phenoxy) is 1. The number of hydrogen-bond donors (Lipinski definition) is 1. The molecule has 4 aromatic rings. The number of amides is 1. The van der Waals surface area contributed by atoms with Crippen molar-refractivity contribution >= 4 is 12.1 Å². The Morgan fingerprint density at radius 1 is 0.970 bits per heavy atom. The minimum atomic E-state index is -0.272. The molecule has 0 atom stereocenters. The molecule has 1 N–H and O–H groups in total. The molecule has 1 heterocycles. The number of hydrogen-bond acceptors (Lipinski definition) is 4.